The maximum absolute atomic E-state index is 12.0. The Labute approximate surface area is 138 Å². The van der Waals surface area contributed by atoms with E-state index in [1.165, 1.54) is 13.2 Å². The van der Waals surface area contributed by atoms with Crippen LogP contribution in [0, 0.1) is 10.1 Å². The monoisotopic (exact) mass is 334 g/mol. The smallest absolute Gasteiger partial charge is 0.362 e. The molecule has 1 aromatic carbocycles. The van der Waals surface area contributed by atoms with Crippen LogP contribution in [-0.2, 0) is 11.3 Å². The van der Waals surface area contributed by atoms with Gasteiger partial charge in [0.1, 0.15) is 0 Å². The second-order valence-electron chi connectivity index (χ2n) is 5.27. The molecule has 0 amide bonds. The summed E-state index contributed by atoms with van der Waals surface area (Å²) >= 11 is 0. The van der Waals surface area contributed by atoms with Gasteiger partial charge in [-0.3, -0.25) is 10.1 Å². The van der Waals surface area contributed by atoms with E-state index < -0.39 is 10.9 Å². The molecule has 0 unspecified atom stereocenters. The minimum Gasteiger partial charge on any atom is -0.479 e. The average molecular weight is 334 g/mol. The Bertz CT molecular complexity index is 791. The third-order valence-corrected chi connectivity index (χ3v) is 3.18. The van der Waals surface area contributed by atoms with Crippen molar-refractivity contribution in [2.45, 2.75) is 13.5 Å². The van der Waals surface area contributed by atoms with E-state index in [2.05, 4.69) is 9.97 Å². The quantitative estimate of drug-likeness (QED) is 0.447. The number of carbonyl (C=O) groups is 1. The fourth-order valence-corrected chi connectivity index (χ4v) is 2.23. The van der Waals surface area contributed by atoms with Gasteiger partial charge in [-0.05, 0) is 27.1 Å². The average Bonchev–Trinajstić information content (AvgIpc) is 2.52. The number of esters is 1. The Kier molecular flexibility index (Phi) is 5.24. The first-order valence-electron chi connectivity index (χ1n) is 7.22. The van der Waals surface area contributed by atoms with Gasteiger partial charge >= 0.3 is 5.97 Å². The Morgan fingerprint density at radius 1 is 1.29 bits per heavy atom. The van der Waals surface area contributed by atoms with Crippen molar-refractivity contribution < 1.29 is 19.2 Å². The van der Waals surface area contributed by atoms with Crippen LogP contribution in [-0.4, -0.2) is 53.6 Å². The lowest BCUT2D eigenvalue weighted by atomic mass is 10.1. The molecule has 2 aromatic rings. The van der Waals surface area contributed by atoms with E-state index in [1.807, 2.05) is 0 Å². The lowest BCUT2D eigenvalue weighted by Crippen LogP contribution is -2.13. The summed E-state index contributed by atoms with van der Waals surface area (Å²) in [5, 5.41) is 11.3. The molecular formula is C15H18N4O5. The SMILES string of the molecule is CCOC(=O)c1nc2cc(CN(C)C)c([N+](=O)[O-])cc2nc1OC. The fourth-order valence-electron chi connectivity index (χ4n) is 2.23. The normalized spacial score (nSPS) is 10.9. The summed E-state index contributed by atoms with van der Waals surface area (Å²) in [6.45, 7) is 2.22. The molecule has 9 nitrogen and oxygen atoms in total. The molecule has 0 aliphatic carbocycles. The van der Waals surface area contributed by atoms with Crippen molar-refractivity contribution >= 4 is 22.7 Å². The van der Waals surface area contributed by atoms with E-state index in [-0.39, 0.29) is 29.4 Å². The van der Waals surface area contributed by atoms with Crippen LogP contribution in [0.3, 0.4) is 0 Å². The first-order valence-corrected chi connectivity index (χ1v) is 7.22. The van der Waals surface area contributed by atoms with E-state index in [1.54, 1.807) is 32.0 Å². The highest BCUT2D eigenvalue weighted by Gasteiger charge is 2.22. The molecule has 1 aromatic heterocycles. The molecule has 0 spiro atoms. The number of hydrogen-bond acceptors (Lipinski definition) is 8. The van der Waals surface area contributed by atoms with Crippen molar-refractivity contribution in [3.05, 3.63) is 33.5 Å². The zero-order valence-corrected chi connectivity index (χ0v) is 13.9. The van der Waals surface area contributed by atoms with Crippen molar-refractivity contribution in [3.8, 4) is 5.88 Å². The van der Waals surface area contributed by atoms with Crippen molar-refractivity contribution in [2.75, 3.05) is 27.8 Å². The Balaban J connectivity index is 2.67. The van der Waals surface area contributed by atoms with Gasteiger partial charge in [-0.1, -0.05) is 0 Å². The number of benzene rings is 1. The molecule has 0 radical (unpaired) electrons. The molecule has 1 heterocycles. The minimum atomic E-state index is -0.656. The van der Waals surface area contributed by atoms with E-state index in [0.29, 0.717) is 17.6 Å². The lowest BCUT2D eigenvalue weighted by molar-refractivity contribution is -0.385. The number of fused-ring (bicyclic) bond motifs is 1. The van der Waals surface area contributed by atoms with Gasteiger partial charge in [0.05, 0.1) is 29.7 Å². The molecule has 0 atom stereocenters. The van der Waals surface area contributed by atoms with Crippen LogP contribution >= 0.6 is 0 Å². The number of nitro groups is 1. The largest absolute Gasteiger partial charge is 0.479 e. The minimum absolute atomic E-state index is 0.0318. The van der Waals surface area contributed by atoms with Gasteiger partial charge in [0, 0.05) is 18.2 Å². The number of ether oxygens (including phenoxy) is 2. The molecule has 9 heteroatoms. The van der Waals surface area contributed by atoms with Crippen LogP contribution in [0.2, 0.25) is 0 Å². The fraction of sp³-hybridized carbons (Fsp3) is 0.400. The maximum Gasteiger partial charge on any atom is 0.362 e. The van der Waals surface area contributed by atoms with Crippen LogP contribution in [0.5, 0.6) is 5.88 Å². The summed E-state index contributed by atoms with van der Waals surface area (Å²) in [5.41, 5.74) is 0.995. The first-order chi connectivity index (χ1) is 11.4. The van der Waals surface area contributed by atoms with Crippen LogP contribution in [0.1, 0.15) is 23.0 Å². The highest BCUT2D eigenvalue weighted by atomic mass is 16.6. The number of aromatic nitrogens is 2. The van der Waals surface area contributed by atoms with Crippen LogP contribution < -0.4 is 4.74 Å². The molecule has 0 saturated heterocycles. The molecule has 24 heavy (non-hydrogen) atoms. The topological polar surface area (TPSA) is 108 Å². The number of nitro benzene ring substituents is 1. The third-order valence-electron chi connectivity index (χ3n) is 3.18. The summed E-state index contributed by atoms with van der Waals surface area (Å²) < 4.78 is 10.0. The molecule has 2 rings (SSSR count). The predicted molar refractivity (Wildman–Crippen MR) is 86.1 cm³/mol. The zero-order valence-electron chi connectivity index (χ0n) is 13.9. The standard InChI is InChI=1S/C15H18N4O5/c1-5-24-15(20)13-14(23-4)17-11-7-12(19(21)22)9(8-18(2)3)6-10(11)16-13/h6-7H,5,8H2,1-4H3. The molecule has 0 aliphatic heterocycles. The molecule has 0 aliphatic rings. The highest BCUT2D eigenvalue weighted by molar-refractivity contribution is 5.92. The van der Waals surface area contributed by atoms with Gasteiger partial charge < -0.3 is 14.4 Å². The van der Waals surface area contributed by atoms with Gasteiger partial charge in [0.25, 0.3) is 5.69 Å². The number of nitrogens with zero attached hydrogens (tertiary/aromatic N) is 4. The molecule has 128 valence electrons. The summed E-state index contributed by atoms with van der Waals surface area (Å²) in [4.78, 5) is 33.0. The zero-order chi connectivity index (χ0) is 17.9. The third kappa shape index (κ3) is 3.57. The summed E-state index contributed by atoms with van der Waals surface area (Å²) in [7, 11) is 4.95. The molecule has 0 fully saturated rings. The van der Waals surface area contributed by atoms with Gasteiger partial charge in [-0.2, -0.15) is 0 Å². The van der Waals surface area contributed by atoms with Gasteiger partial charge in [0.15, 0.2) is 0 Å². The Hall–Kier alpha value is -2.81. The summed E-state index contributed by atoms with van der Waals surface area (Å²) in [6.07, 6.45) is 0. The second-order valence-corrected chi connectivity index (χ2v) is 5.27. The van der Waals surface area contributed by atoms with E-state index in [4.69, 9.17) is 9.47 Å². The van der Waals surface area contributed by atoms with Crippen molar-refractivity contribution in [2.24, 2.45) is 0 Å². The number of methoxy groups -OCH3 is 1. The number of carbonyl (C=O) groups excluding carboxylic acids is 1. The first kappa shape index (κ1) is 17.5. The Morgan fingerprint density at radius 2 is 1.96 bits per heavy atom. The highest BCUT2D eigenvalue weighted by Crippen LogP contribution is 2.27. The predicted octanol–water partition coefficient (Wildman–Crippen LogP) is 1.78. The van der Waals surface area contributed by atoms with Crippen molar-refractivity contribution in [1.29, 1.82) is 0 Å². The molecule has 0 N–H and O–H groups in total. The molecular weight excluding hydrogens is 316 g/mol. The van der Waals surface area contributed by atoms with Crippen molar-refractivity contribution in [1.82, 2.24) is 14.9 Å². The van der Waals surface area contributed by atoms with E-state index >= 15 is 0 Å². The van der Waals surface area contributed by atoms with Crippen LogP contribution in [0.25, 0.3) is 11.0 Å². The molecule has 0 bridgehead atoms. The summed E-state index contributed by atoms with van der Waals surface area (Å²) in [6, 6.07) is 2.89. The van der Waals surface area contributed by atoms with Gasteiger partial charge in [-0.25, -0.2) is 14.8 Å². The Morgan fingerprint density at radius 3 is 2.50 bits per heavy atom. The van der Waals surface area contributed by atoms with Crippen LogP contribution in [0.4, 0.5) is 5.69 Å². The summed E-state index contributed by atoms with van der Waals surface area (Å²) in [5.74, 6) is -0.688. The molecule has 0 saturated carbocycles. The van der Waals surface area contributed by atoms with E-state index in [9.17, 15) is 14.9 Å². The maximum atomic E-state index is 12.0. The van der Waals surface area contributed by atoms with Gasteiger partial charge in [0.2, 0.25) is 11.6 Å². The second kappa shape index (κ2) is 7.18. The van der Waals surface area contributed by atoms with E-state index in [0.717, 1.165) is 0 Å². The van der Waals surface area contributed by atoms with Crippen molar-refractivity contribution in [3.63, 3.8) is 0 Å². The van der Waals surface area contributed by atoms with Crippen LogP contribution in [0.15, 0.2) is 12.1 Å². The lowest BCUT2D eigenvalue weighted by Gasteiger charge is -2.12. The number of hydrogen-bond donors (Lipinski definition) is 0. The number of rotatable bonds is 6. The van der Waals surface area contributed by atoms with Gasteiger partial charge in [-0.15, -0.1) is 0 Å².